The van der Waals surface area contributed by atoms with Gasteiger partial charge in [-0.1, -0.05) is 152 Å². The van der Waals surface area contributed by atoms with Crippen molar-refractivity contribution in [2.75, 3.05) is 0 Å². The summed E-state index contributed by atoms with van der Waals surface area (Å²) in [5, 5.41) is 7.34. The molecule has 0 fully saturated rings. The van der Waals surface area contributed by atoms with Gasteiger partial charge in [0.25, 0.3) is 0 Å². The summed E-state index contributed by atoms with van der Waals surface area (Å²) in [6, 6.07) is 48.5. The lowest BCUT2D eigenvalue weighted by atomic mass is 9.75. The average Bonchev–Trinajstić information content (AvgIpc) is 3.52. The van der Waals surface area contributed by atoms with Crippen LogP contribution in [0.3, 0.4) is 0 Å². The summed E-state index contributed by atoms with van der Waals surface area (Å²) in [5.74, 6) is 0.779. The summed E-state index contributed by atoms with van der Waals surface area (Å²) in [6.45, 7) is 0. The molecule has 8 aromatic rings. The van der Waals surface area contributed by atoms with Crippen molar-refractivity contribution in [3.63, 3.8) is 0 Å². The fraction of sp³-hybridized carbons (Fsp3) is 0.0435. The molecule has 1 heterocycles. The maximum atomic E-state index is 6.55. The molecule has 1 nitrogen and oxygen atoms in total. The van der Waals surface area contributed by atoms with Crippen LogP contribution in [0.4, 0.5) is 0 Å². The predicted molar refractivity (Wildman–Crippen MR) is 199 cm³/mol. The van der Waals surface area contributed by atoms with E-state index in [2.05, 4.69) is 170 Å². The zero-order chi connectivity index (χ0) is 30.9. The van der Waals surface area contributed by atoms with Crippen LogP contribution in [-0.2, 0) is 0 Å². The van der Waals surface area contributed by atoms with Crippen molar-refractivity contribution in [1.82, 2.24) is 0 Å². The first-order valence-corrected chi connectivity index (χ1v) is 16.4. The lowest BCUT2D eigenvalue weighted by Gasteiger charge is -2.28. The molecule has 2 atom stereocenters. The van der Waals surface area contributed by atoms with Crippen LogP contribution in [-0.4, -0.2) is 0 Å². The number of fused-ring (bicyclic) bond motifs is 8. The molecule has 0 aliphatic heterocycles. The smallest absolute Gasteiger partial charge is 0.136 e. The molecule has 47 heavy (non-hydrogen) atoms. The second-order valence-electron chi connectivity index (χ2n) is 12.7. The van der Waals surface area contributed by atoms with E-state index in [1.807, 2.05) is 0 Å². The summed E-state index contributed by atoms with van der Waals surface area (Å²) >= 11 is 0. The average molecular weight is 599 g/mol. The summed E-state index contributed by atoms with van der Waals surface area (Å²) in [6.07, 6.45) is 13.7. The minimum Gasteiger partial charge on any atom is -0.456 e. The molecule has 0 saturated heterocycles. The van der Waals surface area contributed by atoms with Crippen LogP contribution in [0.5, 0.6) is 0 Å². The molecule has 220 valence electrons. The Morgan fingerprint density at radius 2 is 1.11 bits per heavy atom. The van der Waals surface area contributed by atoms with Crippen molar-refractivity contribution in [3.8, 4) is 33.4 Å². The Bertz CT molecular complexity index is 2570. The highest BCUT2D eigenvalue weighted by Gasteiger charge is 2.26. The van der Waals surface area contributed by atoms with Gasteiger partial charge >= 0.3 is 0 Å². The number of rotatable bonds is 3. The minimum atomic E-state index is 0.368. The second-order valence-corrected chi connectivity index (χ2v) is 12.7. The minimum absolute atomic E-state index is 0.368. The van der Waals surface area contributed by atoms with Crippen molar-refractivity contribution in [2.45, 2.75) is 5.92 Å². The molecule has 2 aliphatic carbocycles. The molecule has 0 bridgehead atoms. The van der Waals surface area contributed by atoms with Gasteiger partial charge in [-0.2, -0.15) is 0 Å². The molecule has 0 amide bonds. The Balaban J connectivity index is 1.24. The molecule has 0 N–H and O–H groups in total. The first-order valence-electron chi connectivity index (χ1n) is 16.4. The Hall–Kier alpha value is -5.92. The fourth-order valence-electron chi connectivity index (χ4n) is 8.18. The molecule has 0 spiro atoms. The van der Waals surface area contributed by atoms with Gasteiger partial charge in [-0.05, 0) is 84.3 Å². The summed E-state index contributed by atoms with van der Waals surface area (Å²) in [5.41, 5.74) is 11.9. The van der Waals surface area contributed by atoms with Gasteiger partial charge in [-0.25, -0.2) is 0 Å². The number of hydrogen-bond acceptors (Lipinski definition) is 1. The van der Waals surface area contributed by atoms with Crippen molar-refractivity contribution in [2.24, 2.45) is 5.92 Å². The fourth-order valence-corrected chi connectivity index (χ4v) is 8.18. The van der Waals surface area contributed by atoms with Crippen LogP contribution in [0.2, 0.25) is 0 Å². The van der Waals surface area contributed by atoms with Gasteiger partial charge in [0.1, 0.15) is 11.2 Å². The number of benzene rings is 7. The summed E-state index contributed by atoms with van der Waals surface area (Å²) in [7, 11) is 0. The van der Waals surface area contributed by atoms with E-state index in [1.54, 1.807) is 0 Å². The zero-order valence-corrected chi connectivity index (χ0v) is 25.7. The van der Waals surface area contributed by atoms with Gasteiger partial charge in [0, 0.05) is 22.6 Å². The molecule has 2 aliphatic rings. The Morgan fingerprint density at radius 3 is 1.87 bits per heavy atom. The SMILES string of the molecule is C1=CC2C=Cc3c(-c4cccc5oc6ccc(-c7c8ccccc8c(-c8ccccc8)c8ccccc78)cc6c45)cccc3C2C=C1. The summed E-state index contributed by atoms with van der Waals surface area (Å²) in [4.78, 5) is 0. The van der Waals surface area contributed by atoms with E-state index >= 15 is 0 Å². The van der Waals surface area contributed by atoms with E-state index in [0.29, 0.717) is 11.8 Å². The lowest BCUT2D eigenvalue weighted by molar-refractivity contribution is 0.669. The Morgan fingerprint density at radius 1 is 0.447 bits per heavy atom. The first kappa shape index (κ1) is 26.3. The third-order valence-electron chi connectivity index (χ3n) is 10.2. The summed E-state index contributed by atoms with van der Waals surface area (Å²) < 4.78 is 6.55. The highest BCUT2D eigenvalue weighted by atomic mass is 16.3. The normalized spacial score (nSPS) is 16.7. The standard InChI is InChI=1S/C46H30O/c1-2-13-30(14-3-1)44-37-16-6-8-18-39(37)45(40-19-9-7-17-38(40)44)31-25-27-42-41(28-31)46-36(22-11-23-43(46)47-42)34-21-10-20-33-32-15-5-4-12-29(32)24-26-35(33)34/h1-29,32H. The van der Waals surface area contributed by atoms with Crippen LogP contribution >= 0.6 is 0 Å². The number of allylic oxidation sites excluding steroid dienone is 5. The molecule has 7 aromatic carbocycles. The van der Waals surface area contributed by atoms with Gasteiger partial charge in [0.2, 0.25) is 0 Å². The van der Waals surface area contributed by atoms with E-state index in [-0.39, 0.29) is 0 Å². The van der Waals surface area contributed by atoms with Gasteiger partial charge in [-0.15, -0.1) is 0 Å². The second kappa shape index (κ2) is 10.3. The van der Waals surface area contributed by atoms with E-state index < -0.39 is 0 Å². The van der Waals surface area contributed by atoms with E-state index in [1.165, 1.54) is 71.4 Å². The molecule has 0 saturated carbocycles. The molecule has 1 heteroatoms. The van der Waals surface area contributed by atoms with Gasteiger partial charge in [-0.3, -0.25) is 0 Å². The largest absolute Gasteiger partial charge is 0.456 e. The van der Waals surface area contributed by atoms with Crippen molar-refractivity contribution in [3.05, 3.63) is 175 Å². The third-order valence-corrected chi connectivity index (χ3v) is 10.2. The molecule has 2 unspecified atom stereocenters. The first-order chi connectivity index (χ1) is 23.3. The highest BCUT2D eigenvalue weighted by Crippen LogP contribution is 2.47. The Kier molecular flexibility index (Phi) is 5.77. The topological polar surface area (TPSA) is 13.1 Å². The molecular formula is C46H30O. The molecular weight excluding hydrogens is 569 g/mol. The highest BCUT2D eigenvalue weighted by molar-refractivity contribution is 6.22. The number of furan rings is 1. The zero-order valence-electron chi connectivity index (χ0n) is 25.7. The molecule has 1 aromatic heterocycles. The van der Waals surface area contributed by atoms with Crippen LogP contribution in [0, 0.1) is 5.92 Å². The van der Waals surface area contributed by atoms with Crippen LogP contribution in [0.1, 0.15) is 17.0 Å². The quantitative estimate of drug-likeness (QED) is 0.184. The molecule has 10 rings (SSSR count). The van der Waals surface area contributed by atoms with E-state index in [9.17, 15) is 0 Å². The van der Waals surface area contributed by atoms with E-state index in [4.69, 9.17) is 4.42 Å². The van der Waals surface area contributed by atoms with Crippen molar-refractivity contribution in [1.29, 1.82) is 0 Å². The van der Waals surface area contributed by atoms with Crippen LogP contribution in [0.25, 0.3) is 82.9 Å². The monoisotopic (exact) mass is 598 g/mol. The predicted octanol–water partition coefficient (Wildman–Crippen LogP) is 12.7. The van der Waals surface area contributed by atoms with E-state index in [0.717, 1.165) is 16.6 Å². The Labute approximate surface area is 273 Å². The third kappa shape index (κ3) is 3.96. The van der Waals surface area contributed by atoms with Gasteiger partial charge < -0.3 is 4.42 Å². The van der Waals surface area contributed by atoms with Gasteiger partial charge in [0.15, 0.2) is 0 Å². The van der Waals surface area contributed by atoms with Crippen LogP contribution in [0.15, 0.2) is 168 Å². The maximum absolute atomic E-state index is 6.55. The lowest BCUT2D eigenvalue weighted by Crippen LogP contribution is -2.13. The van der Waals surface area contributed by atoms with Crippen molar-refractivity contribution < 1.29 is 4.42 Å². The molecule has 0 radical (unpaired) electrons. The maximum Gasteiger partial charge on any atom is 0.136 e. The van der Waals surface area contributed by atoms with Crippen molar-refractivity contribution >= 4 is 49.6 Å². The van der Waals surface area contributed by atoms with Gasteiger partial charge in [0.05, 0.1) is 0 Å². The van der Waals surface area contributed by atoms with Crippen LogP contribution < -0.4 is 0 Å². The number of hydrogen-bond donors (Lipinski definition) is 0.